The van der Waals surface area contributed by atoms with Crippen molar-refractivity contribution in [2.45, 2.75) is 58.7 Å². The third-order valence-corrected chi connectivity index (χ3v) is 3.45. The summed E-state index contributed by atoms with van der Waals surface area (Å²) in [6.45, 7) is 11.4. The molecule has 1 aliphatic rings. The lowest BCUT2D eigenvalue weighted by Crippen LogP contribution is -2.47. The smallest absolute Gasteiger partial charge is 0.0791 e. The number of aliphatic hydroxyl groups is 1. The molecule has 3 atom stereocenters. The molecular formula is C13H28N2O. The van der Waals surface area contributed by atoms with Crippen molar-refractivity contribution < 1.29 is 5.11 Å². The Hall–Kier alpha value is -0.120. The van der Waals surface area contributed by atoms with Gasteiger partial charge in [-0.3, -0.25) is 4.90 Å². The van der Waals surface area contributed by atoms with E-state index in [0.29, 0.717) is 18.6 Å². The number of rotatable bonds is 5. The first-order valence-corrected chi connectivity index (χ1v) is 6.64. The predicted octanol–water partition coefficient (Wildman–Crippen LogP) is 1.47. The lowest BCUT2D eigenvalue weighted by atomic mass is 9.95. The van der Waals surface area contributed by atoms with Crippen molar-refractivity contribution in [3.05, 3.63) is 0 Å². The zero-order valence-corrected chi connectivity index (χ0v) is 11.2. The number of β-amino-alcohol motifs (C(OH)–C–C–N with tert-alkyl or cyclic N) is 1. The van der Waals surface area contributed by atoms with Crippen molar-refractivity contribution in [3.63, 3.8) is 0 Å². The molecule has 0 radical (unpaired) electrons. The van der Waals surface area contributed by atoms with Crippen LogP contribution in [0.15, 0.2) is 0 Å². The quantitative estimate of drug-likeness (QED) is 0.748. The minimum absolute atomic E-state index is 0.241. The Morgan fingerprint density at radius 1 is 1.31 bits per heavy atom. The molecule has 1 heterocycles. The molecule has 0 bridgehead atoms. The number of hydrogen-bond donors (Lipinski definition) is 2. The predicted molar refractivity (Wildman–Crippen MR) is 68.6 cm³/mol. The van der Waals surface area contributed by atoms with Gasteiger partial charge >= 0.3 is 0 Å². The van der Waals surface area contributed by atoms with Crippen LogP contribution in [0.4, 0.5) is 0 Å². The minimum atomic E-state index is -0.241. The van der Waals surface area contributed by atoms with E-state index < -0.39 is 0 Å². The van der Waals surface area contributed by atoms with Gasteiger partial charge in [0.15, 0.2) is 0 Å². The third kappa shape index (κ3) is 4.81. The van der Waals surface area contributed by atoms with Gasteiger partial charge in [0.1, 0.15) is 0 Å². The van der Waals surface area contributed by atoms with Gasteiger partial charge in [0, 0.05) is 31.7 Å². The SMILES string of the molecule is CC1CCC(C)N(CC(O)CNC(C)C)C1. The first-order chi connectivity index (χ1) is 7.49. The number of hydrogen-bond acceptors (Lipinski definition) is 3. The lowest BCUT2D eigenvalue weighted by molar-refractivity contribution is 0.0563. The molecule has 0 aromatic rings. The highest BCUT2D eigenvalue weighted by Crippen LogP contribution is 2.21. The monoisotopic (exact) mass is 228 g/mol. The van der Waals surface area contributed by atoms with Crippen molar-refractivity contribution in [3.8, 4) is 0 Å². The van der Waals surface area contributed by atoms with Crippen LogP contribution in [0.1, 0.15) is 40.5 Å². The molecule has 3 heteroatoms. The number of piperidine rings is 1. The van der Waals surface area contributed by atoms with Gasteiger partial charge in [0.2, 0.25) is 0 Å². The average Bonchev–Trinajstić information content (AvgIpc) is 2.20. The summed E-state index contributed by atoms with van der Waals surface area (Å²) in [6, 6.07) is 1.08. The average molecular weight is 228 g/mol. The van der Waals surface area contributed by atoms with Crippen LogP contribution < -0.4 is 5.32 Å². The second-order valence-electron chi connectivity index (χ2n) is 5.70. The number of nitrogens with zero attached hydrogens (tertiary/aromatic N) is 1. The van der Waals surface area contributed by atoms with E-state index in [-0.39, 0.29) is 6.10 Å². The van der Waals surface area contributed by atoms with Crippen LogP contribution in [0.3, 0.4) is 0 Å². The van der Waals surface area contributed by atoms with Gasteiger partial charge in [0.05, 0.1) is 6.10 Å². The van der Waals surface area contributed by atoms with Crippen molar-refractivity contribution in [1.29, 1.82) is 0 Å². The van der Waals surface area contributed by atoms with Crippen LogP contribution in [0.2, 0.25) is 0 Å². The van der Waals surface area contributed by atoms with E-state index in [1.807, 2.05) is 0 Å². The standard InChI is InChI=1S/C13H28N2O/c1-10(2)14-7-13(16)9-15-8-11(3)5-6-12(15)4/h10-14,16H,5-9H2,1-4H3. The van der Waals surface area contributed by atoms with Gasteiger partial charge in [-0.05, 0) is 25.7 Å². The molecule has 1 rings (SSSR count). The van der Waals surface area contributed by atoms with Gasteiger partial charge in [-0.1, -0.05) is 20.8 Å². The van der Waals surface area contributed by atoms with Crippen LogP contribution >= 0.6 is 0 Å². The number of likely N-dealkylation sites (tertiary alicyclic amines) is 1. The van der Waals surface area contributed by atoms with E-state index in [0.717, 1.165) is 19.0 Å². The van der Waals surface area contributed by atoms with Crippen LogP contribution in [-0.4, -0.2) is 47.8 Å². The molecule has 1 aliphatic heterocycles. The van der Waals surface area contributed by atoms with Crippen molar-refractivity contribution in [2.75, 3.05) is 19.6 Å². The normalized spacial score (nSPS) is 29.6. The Bertz CT molecular complexity index is 196. The maximum absolute atomic E-state index is 9.95. The maximum atomic E-state index is 9.95. The summed E-state index contributed by atoms with van der Waals surface area (Å²) in [5, 5.41) is 13.2. The van der Waals surface area contributed by atoms with E-state index in [2.05, 4.69) is 37.9 Å². The molecule has 1 saturated heterocycles. The zero-order chi connectivity index (χ0) is 12.1. The van der Waals surface area contributed by atoms with E-state index in [9.17, 15) is 5.11 Å². The molecule has 0 aliphatic carbocycles. The van der Waals surface area contributed by atoms with Crippen molar-refractivity contribution >= 4 is 0 Å². The summed E-state index contributed by atoms with van der Waals surface area (Å²) in [6.07, 6.45) is 2.36. The van der Waals surface area contributed by atoms with Crippen LogP contribution in [0, 0.1) is 5.92 Å². The van der Waals surface area contributed by atoms with Gasteiger partial charge in [-0.15, -0.1) is 0 Å². The lowest BCUT2D eigenvalue weighted by Gasteiger charge is -2.38. The van der Waals surface area contributed by atoms with E-state index in [1.54, 1.807) is 0 Å². The fraction of sp³-hybridized carbons (Fsp3) is 1.00. The highest BCUT2D eigenvalue weighted by Gasteiger charge is 2.24. The fourth-order valence-electron chi connectivity index (χ4n) is 2.34. The van der Waals surface area contributed by atoms with E-state index in [1.165, 1.54) is 12.8 Å². The second-order valence-corrected chi connectivity index (χ2v) is 5.70. The highest BCUT2D eigenvalue weighted by atomic mass is 16.3. The van der Waals surface area contributed by atoms with Gasteiger partial charge in [-0.2, -0.15) is 0 Å². The van der Waals surface area contributed by atoms with Gasteiger partial charge in [0.25, 0.3) is 0 Å². The Morgan fingerprint density at radius 2 is 2.00 bits per heavy atom. The van der Waals surface area contributed by atoms with Crippen LogP contribution in [0.25, 0.3) is 0 Å². The van der Waals surface area contributed by atoms with Crippen LogP contribution in [0.5, 0.6) is 0 Å². The molecule has 1 fully saturated rings. The summed E-state index contributed by atoms with van der Waals surface area (Å²) in [4.78, 5) is 2.43. The minimum Gasteiger partial charge on any atom is -0.390 e. The zero-order valence-electron chi connectivity index (χ0n) is 11.2. The molecule has 16 heavy (non-hydrogen) atoms. The molecule has 96 valence electrons. The summed E-state index contributed by atoms with van der Waals surface area (Å²) >= 11 is 0. The summed E-state index contributed by atoms with van der Waals surface area (Å²) in [5.74, 6) is 0.779. The number of nitrogens with one attached hydrogen (secondary N) is 1. The maximum Gasteiger partial charge on any atom is 0.0791 e. The Balaban J connectivity index is 2.28. The first kappa shape index (κ1) is 13.9. The van der Waals surface area contributed by atoms with Gasteiger partial charge in [-0.25, -0.2) is 0 Å². The topological polar surface area (TPSA) is 35.5 Å². The highest BCUT2D eigenvalue weighted by molar-refractivity contribution is 4.79. The third-order valence-electron chi connectivity index (χ3n) is 3.45. The molecule has 0 saturated carbocycles. The molecule has 2 N–H and O–H groups in total. The molecule has 0 aromatic heterocycles. The van der Waals surface area contributed by atoms with Crippen molar-refractivity contribution in [2.24, 2.45) is 5.92 Å². The van der Waals surface area contributed by atoms with Crippen molar-refractivity contribution in [1.82, 2.24) is 10.2 Å². The first-order valence-electron chi connectivity index (χ1n) is 6.64. The Morgan fingerprint density at radius 3 is 2.62 bits per heavy atom. The Labute approximate surface area is 100 Å². The summed E-state index contributed by atoms with van der Waals surface area (Å²) < 4.78 is 0. The molecule has 3 nitrogen and oxygen atoms in total. The molecule has 0 spiro atoms. The van der Waals surface area contributed by atoms with E-state index >= 15 is 0 Å². The second kappa shape index (κ2) is 6.58. The number of aliphatic hydroxyl groups excluding tert-OH is 1. The van der Waals surface area contributed by atoms with E-state index in [4.69, 9.17) is 0 Å². The molecule has 0 amide bonds. The Kier molecular flexibility index (Phi) is 5.73. The van der Waals surface area contributed by atoms with Crippen LogP contribution in [-0.2, 0) is 0 Å². The molecule has 3 unspecified atom stereocenters. The van der Waals surface area contributed by atoms with Gasteiger partial charge < -0.3 is 10.4 Å². The summed E-state index contributed by atoms with van der Waals surface area (Å²) in [7, 11) is 0. The molecule has 0 aromatic carbocycles. The largest absolute Gasteiger partial charge is 0.390 e. The fourth-order valence-corrected chi connectivity index (χ4v) is 2.34. The molecular weight excluding hydrogens is 200 g/mol. The summed E-state index contributed by atoms with van der Waals surface area (Å²) in [5.41, 5.74) is 0.